The predicted molar refractivity (Wildman–Crippen MR) is 61.1 cm³/mol. The van der Waals surface area contributed by atoms with E-state index in [9.17, 15) is 23.8 Å². The van der Waals surface area contributed by atoms with Gasteiger partial charge in [-0.25, -0.2) is 8.78 Å². The minimum Gasteiger partial charge on any atom is -0.389 e. The molecule has 0 saturated carbocycles. The van der Waals surface area contributed by atoms with Crippen LogP contribution in [0.15, 0.2) is 12.1 Å². The first kappa shape index (κ1) is 14.2. The molecule has 1 rings (SSSR count). The lowest BCUT2D eigenvalue weighted by Crippen LogP contribution is -2.21. The van der Waals surface area contributed by atoms with Gasteiger partial charge in [0, 0.05) is 17.0 Å². The molecule has 0 fully saturated rings. The van der Waals surface area contributed by atoms with Crippen molar-refractivity contribution in [3.05, 3.63) is 34.9 Å². The van der Waals surface area contributed by atoms with Crippen LogP contribution >= 0.6 is 15.9 Å². The first-order chi connectivity index (χ1) is 7.88. The first-order valence-electron chi connectivity index (χ1n) is 4.80. The van der Waals surface area contributed by atoms with Crippen LogP contribution < -0.4 is 0 Å². The quantitative estimate of drug-likeness (QED) is 0.660. The molecule has 2 unspecified atom stereocenters. The second-order valence-corrected chi connectivity index (χ2v) is 4.22. The summed E-state index contributed by atoms with van der Waals surface area (Å²) < 4.78 is 26.6. The summed E-state index contributed by atoms with van der Waals surface area (Å²) in [5.41, 5.74) is -0.620. The van der Waals surface area contributed by atoms with Gasteiger partial charge < -0.3 is 10.2 Å². The molecule has 3 nitrogen and oxygen atoms in total. The summed E-state index contributed by atoms with van der Waals surface area (Å²) in [6.07, 6.45) is -2.76. The van der Waals surface area contributed by atoms with Crippen molar-refractivity contribution in [2.75, 3.05) is 5.33 Å². The van der Waals surface area contributed by atoms with Gasteiger partial charge in [-0.2, -0.15) is 0 Å². The number of aliphatic hydroxyl groups is 2. The second kappa shape index (κ2) is 5.66. The van der Waals surface area contributed by atoms with E-state index in [-0.39, 0.29) is 16.5 Å². The summed E-state index contributed by atoms with van der Waals surface area (Å²) in [5, 5.41) is 19.0. The van der Waals surface area contributed by atoms with Crippen molar-refractivity contribution in [2.24, 2.45) is 0 Å². The van der Waals surface area contributed by atoms with Gasteiger partial charge in [0.25, 0.3) is 0 Å². The molecule has 0 aliphatic rings. The molecule has 0 bridgehead atoms. The Morgan fingerprint density at radius 2 is 1.94 bits per heavy atom. The largest absolute Gasteiger partial charge is 0.389 e. The van der Waals surface area contributed by atoms with Crippen LogP contribution in [0.1, 0.15) is 28.9 Å². The highest BCUT2D eigenvalue weighted by molar-refractivity contribution is 9.09. The molecule has 17 heavy (non-hydrogen) atoms. The number of hydrogen-bond acceptors (Lipinski definition) is 3. The Morgan fingerprint density at radius 3 is 2.41 bits per heavy atom. The van der Waals surface area contributed by atoms with Crippen LogP contribution in [-0.2, 0) is 0 Å². The Kier molecular flexibility index (Phi) is 4.73. The minimum absolute atomic E-state index is 0.0282. The highest BCUT2D eigenvalue weighted by Gasteiger charge is 2.23. The van der Waals surface area contributed by atoms with E-state index in [1.54, 1.807) is 0 Å². The van der Waals surface area contributed by atoms with Gasteiger partial charge in [0.1, 0.15) is 17.7 Å². The molecule has 0 spiro atoms. The molecule has 0 heterocycles. The van der Waals surface area contributed by atoms with Crippen LogP contribution in [0.2, 0.25) is 0 Å². The number of aliphatic hydroxyl groups excluding tert-OH is 2. The van der Waals surface area contributed by atoms with Crippen molar-refractivity contribution < 1.29 is 23.8 Å². The smallest absolute Gasteiger partial charge is 0.162 e. The average molecular weight is 309 g/mol. The van der Waals surface area contributed by atoms with Crippen molar-refractivity contribution in [1.29, 1.82) is 0 Å². The van der Waals surface area contributed by atoms with Gasteiger partial charge in [0.05, 0.1) is 11.7 Å². The fourth-order valence-corrected chi connectivity index (χ4v) is 1.71. The Morgan fingerprint density at radius 1 is 1.35 bits per heavy atom. The number of rotatable bonds is 4. The molecule has 2 atom stereocenters. The zero-order chi connectivity index (χ0) is 13.2. The van der Waals surface area contributed by atoms with Gasteiger partial charge in [-0.05, 0) is 13.0 Å². The third kappa shape index (κ3) is 3.08. The summed E-state index contributed by atoms with van der Waals surface area (Å²) in [6, 6.07) is 1.44. The van der Waals surface area contributed by atoms with E-state index in [1.165, 1.54) is 0 Å². The molecular formula is C11H11BrF2O3. The third-order valence-corrected chi connectivity index (χ3v) is 2.97. The molecule has 0 amide bonds. The van der Waals surface area contributed by atoms with Crippen LogP contribution in [-0.4, -0.2) is 27.4 Å². The molecule has 1 aromatic carbocycles. The summed E-state index contributed by atoms with van der Waals surface area (Å²) in [7, 11) is 0. The molecule has 0 saturated heterocycles. The predicted octanol–water partition coefficient (Wildman–Crippen LogP) is 1.96. The van der Waals surface area contributed by atoms with E-state index >= 15 is 0 Å². The summed E-state index contributed by atoms with van der Waals surface area (Å²) in [5.74, 6) is -2.57. The van der Waals surface area contributed by atoms with E-state index in [0.717, 1.165) is 13.0 Å². The summed E-state index contributed by atoms with van der Waals surface area (Å²) in [6.45, 7) is 1.13. The van der Waals surface area contributed by atoms with Crippen molar-refractivity contribution in [1.82, 2.24) is 0 Å². The average Bonchev–Trinajstić information content (AvgIpc) is 2.26. The molecule has 6 heteroatoms. The second-order valence-electron chi connectivity index (χ2n) is 3.58. The van der Waals surface area contributed by atoms with E-state index in [2.05, 4.69) is 15.9 Å². The maximum absolute atomic E-state index is 13.4. The standard InChI is InChI=1S/C11H11BrF2O3/c1-5(15)6-2-7(9(14)3-8(6)13)11(17)10(16)4-12/h2-3,10-11,16-17H,4H2,1H3. The topological polar surface area (TPSA) is 57.5 Å². The lowest BCUT2D eigenvalue weighted by atomic mass is 10.00. The van der Waals surface area contributed by atoms with Crippen LogP contribution in [0, 0.1) is 11.6 Å². The lowest BCUT2D eigenvalue weighted by molar-refractivity contribution is 0.0319. The summed E-state index contributed by atoms with van der Waals surface area (Å²) in [4.78, 5) is 11.1. The Bertz CT molecular complexity index is 437. The van der Waals surface area contributed by atoms with Gasteiger partial charge in [0.15, 0.2) is 5.78 Å². The Hall–Kier alpha value is -0.850. The maximum Gasteiger partial charge on any atom is 0.162 e. The number of Topliss-reactive ketones (excluding diaryl/α,β-unsaturated/α-hetero) is 1. The fraction of sp³-hybridized carbons (Fsp3) is 0.364. The Labute approximate surface area is 105 Å². The first-order valence-corrected chi connectivity index (χ1v) is 5.92. The number of carbonyl (C=O) groups is 1. The molecular weight excluding hydrogens is 298 g/mol. The van der Waals surface area contributed by atoms with Crippen molar-refractivity contribution in [3.63, 3.8) is 0 Å². The number of alkyl halides is 1. The molecule has 2 N–H and O–H groups in total. The number of hydrogen-bond donors (Lipinski definition) is 2. The normalized spacial score (nSPS) is 14.5. The van der Waals surface area contributed by atoms with E-state index < -0.39 is 29.6 Å². The van der Waals surface area contributed by atoms with Crippen molar-refractivity contribution >= 4 is 21.7 Å². The van der Waals surface area contributed by atoms with Crippen LogP contribution in [0.25, 0.3) is 0 Å². The van der Waals surface area contributed by atoms with Crippen LogP contribution in [0.4, 0.5) is 8.78 Å². The van der Waals surface area contributed by atoms with Crippen molar-refractivity contribution in [2.45, 2.75) is 19.1 Å². The Balaban J connectivity index is 3.24. The molecule has 0 aliphatic heterocycles. The number of ketones is 1. The third-order valence-electron chi connectivity index (χ3n) is 2.31. The number of halogens is 3. The summed E-state index contributed by atoms with van der Waals surface area (Å²) >= 11 is 2.93. The lowest BCUT2D eigenvalue weighted by Gasteiger charge is -2.17. The van der Waals surface area contributed by atoms with Gasteiger partial charge in [-0.1, -0.05) is 15.9 Å². The zero-order valence-electron chi connectivity index (χ0n) is 8.95. The highest BCUT2D eigenvalue weighted by atomic mass is 79.9. The monoisotopic (exact) mass is 308 g/mol. The van der Waals surface area contributed by atoms with Crippen LogP contribution in [0.5, 0.6) is 0 Å². The molecule has 1 aromatic rings. The number of carbonyl (C=O) groups excluding carboxylic acids is 1. The molecule has 94 valence electrons. The zero-order valence-corrected chi connectivity index (χ0v) is 10.5. The van der Waals surface area contributed by atoms with Crippen molar-refractivity contribution in [3.8, 4) is 0 Å². The maximum atomic E-state index is 13.4. The van der Waals surface area contributed by atoms with Gasteiger partial charge in [-0.3, -0.25) is 4.79 Å². The molecule has 0 aromatic heterocycles. The van der Waals surface area contributed by atoms with Crippen LogP contribution in [0.3, 0.4) is 0 Å². The number of benzene rings is 1. The van der Waals surface area contributed by atoms with Gasteiger partial charge in [-0.15, -0.1) is 0 Å². The molecule has 0 aliphatic carbocycles. The van der Waals surface area contributed by atoms with Gasteiger partial charge >= 0.3 is 0 Å². The van der Waals surface area contributed by atoms with E-state index in [4.69, 9.17) is 0 Å². The van der Waals surface area contributed by atoms with Gasteiger partial charge in [0.2, 0.25) is 0 Å². The highest BCUT2D eigenvalue weighted by Crippen LogP contribution is 2.24. The fourth-order valence-electron chi connectivity index (χ4n) is 1.35. The van der Waals surface area contributed by atoms with E-state index in [1.807, 2.05) is 0 Å². The molecule has 0 radical (unpaired) electrons. The minimum atomic E-state index is -1.52. The SMILES string of the molecule is CC(=O)c1cc(C(O)C(O)CBr)c(F)cc1F. The van der Waals surface area contributed by atoms with E-state index in [0.29, 0.717) is 6.07 Å².